The highest BCUT2D eigenvalue weighted by Crippen LogP contribution is 2.18. The molecule has 8 heteroatoms. The van der Waals surface area contributed by atoms with Crippen LogP contribution in [-0.4, -0.2) is 42.2 Å². The van der Waals surface area contributed by atoms with Gasteiger partial charge in [-0.25, -0.2) is 9.59 Å². The lowest BCUT2D eigenvalue weighted by atomic mass is 9.92. The van der Waals surface area contributed by atoms with Crippen molar-refractivity contribution in [1.29, 1.82) is 0 Å². The molecular weight excluding hydrogens is 364 g/mol. The Hall–Kier alpha value is -2.45. The number of esters is 3. The number of benzene rings is 1. The summed E-state index contributed by atoms with van der Waals surface area (Å²) >= 11 is 0. The van der Waals surface area contributed by atoms with E-state index in [0.717, 1.165) is 12.7 Å². The SMILES string of the molecule is COC(=O)[C@@](N)(CCCC(N)C(=O)OC(C)(C)C)C(=O)OCc1ccccc1. The first-order chi connectivity index (χ1) is 13.0. The van der Waals surface area contributed by atoms with Crippen LogP contribution in [0.15, 0.2) is 30.3 Å². The average molecular weight is 394 g/mol. The van der Waals surface area contributed by atoms with E-state index in [1.807, 2.05) is 6.07 Å². The third kappa shape index (κ3) is 7.28. The summed E-state index contributed by atoms with van der Waals surface area (Å²) < 4.78 is 15.1. The fraction of sp³-hybridized carbons (Fsp3) is 0.550. The summed E-state index contributed by atoms with van der Waals surface area (Å²) in [5, 5.41) is 0. The topological polar surface area (TPSA) is 131 Å². The fourth-order valence-corrected chi connectivity index (χ4v) is 2.42. The van der Waals surface area contributed by atoms with Gasteiger partial charge in [-0.1, -0.05) is 30.3 Å². The second-order valence-corrected chi connectivity index (χ2v) is 7.56. The molecule has 0 bridgehead atoms. The van der Waals surface area contributed by atoms with Crippen molar-refractivity contribution in [1.82, 2.24) is 0 Å². The molecule has 0 amide bonds. The van der Waals surface area contributed by atoms with Gasteiger partial charge in [0.2, 0.25) is 5.54 Å². The summed E-state index contributed by atoms with van der Waals surface area (Å²) in [7, 11) is 1.14. The highest BCUT2D eigenvalue weighted by Gasteiger charge is 2.44. The second-order valence-electron chi connectivity index (χ2n) is 7.56. The minimum absolute atomic E-state index is 0.0208. The predicted octanol–water partition coefficient (Wildman–Crippen LogP) is 1.44. The Kier molecular flexibility index (Phi) is 8.59. The van der Waals surface area contributed by atoms with Crippen LogP contribution < -0.4 is 11.5 Å². The first-order valence-electron chi connectivity index (χ1n) is 9.06. The molecule has 156 valence electrons. The van der Waals surface area contributed by atoms with Crippen molar-refractivity contribution >= 4 is 17.9 Å². The molecule has 0 fully saturated rings. The Balaban J connectivity index is 2.67. The van der Waals surface area contributed by atoms with Gasteiger partial charge in [0, 0.05) is 0 Å². The number of rotatable bonds is 9. The molecule has 0 aliphatic heterocycles. The van der Waals surface area contributed by atoms with Gasteiger partial charge in [0.05, 0.1) is 7.11 Å². The molecule has 0 spiro atoms. The Morgan fingerprint density at radius 2 is 1.68 bits per heavy atom. The molecular formula is C20H30N2O6. The van der Waals surface area contributed by atoms with Gasteiger partial charge in [-0.2, -0.15) is 0 Å². The molecule has 0 aliphatic carbocycles. The molecule has 28 heavy (non-hydrogen) atoms. The lowest BCUT2D eigenvalue weighted by Gasteiger charge is -2.25. The molecule has 4 N–H and O–H groups in total. The molecule has 0 saturated heterocycles. The number of nitrogens with two attached hydrogens (primary N) is 2. The van der Waals surface area contributed by atoms with E-state index in [0.29, 0.717) is 0 Å². The van der Waals surface area contributed by atoms with E-state index in [2.05, 4.69) is 4.74 Å². The molecule has 1 aromatic carbocycles. The number of carbonyl (C=O) groups is 3. The maximum atomic E-state index is 12.5. The molecule has 0 aromatic heterocycles. The van der Waals surface area contributed by atoms with Crippen LogP contribution in [0.3, 0.4) is 0 Å². The van der Waals surface area contributed by atoms with Gasteiger partial charge in [0.15, 0.2) is 0 Å². The fourth-order valence-electron chi connectivity index (χ4n) is 2.42. The summed E-state index contributed by atoms with van der Waals surface area (Å²) in [6.45, 7) is 5.20. The summed E-state index contributed by atoms with van der Waals surface area (Å²) in [5.41, 5.74) is 9.97. The van der Waals surface area contributed by atoms with Gasteiger partial charge in [-0.15, -0.1) is 0 Å². The third-order valence-corrected chi connectivity index (χ3v) is 3.92. The van der Waals surface area contributed by atoms with Gasteiger partial charge in [0.25, 0.3) is 0 Å². The van der Waals surface area contributed by atoms with Crippen molar-refractivity contribution in [3.8, 4) is 0 Å². The van der Waals surface area contributed by atoms with Gasteiger partial charge in [-0.05, 0) is 45.6 Å². The average Bonchev–Trinajstić information content (AvgIpc) is 2.64. The quantitative estimate of drug-likeness (QED) is 0.365. The van der Waals surface area contributed by atoms with Crippen molar-refractivity contribution in [3.05, 3.63) is 35.9 Å². The van der Waals surface area contributed by atoms with Crippen LogP contribution in [0.5, 0.6) is 0 Å². The van der Waals surface area contributed by atoms with E-state index in [1.54, 1.807) is 45.0 Å². The lowest BCUT2D eigenvalue weighted by Crippen LogP contribution is -2.56. The van der Waals surface area contributed by atoms with Crippen LogP contribution in [0.2, 0.25) is 0 Å². The Morgan fingerprint density at radius 1 is 1.07 bits per heavy atom. The van der Waals surface area contributed by atoms with Gasteiger partial charge < -0.3 is 25.7 Å². The van der Waals surface area contributed by atoms with E-state index in [4.69, 9.17) is 20.9 Å². The number of carbonyl (C=O) groups excluding carboxylic acids is 3. The van der Waals surface area contributed by atoms with E-state index < -0.39 is 35.1 Å². The van der Waals surface area contributed by atoms with Gasteiger partial charge in [-0.3, -0.25) is 4.79 Å². The highest BCUT2D eigenvalue weighted by atomic mass is 16.6. The summed E-state index contributed by atoms with van der Waals surface area (Å²) in [4.78, 5) is 36.5. The number of ether oxygens (including phenoxy) is 3. The summed E-state index contributed by atoms with van der Waals surface area (Å²) in [5.74, 6) is -2.36. The zero-order valence-electron chi connectivity index (χ0n) is 16.9. The van der Waals surface area contributed by atoms with Gasteiger partial charge in [0.1, 0.15) is 18.2 Å². The molecule has 0 saturated carbocycles. The van der Waals surface area contributed by atoms with Crippen LogP contribution in [0.4, 0.5) is 0 Å². The molecule has 0 aliphatic rings. The molecule has 1 unspecified atom stereocenters. The Morgan fingerprint density at radius 3 is 2.21 bits per heavy atom. The van der Waals surface area contributed by atoms with Crippen LogP contribution >= 0.6 is 0 Å². The Labute approximate surface area is 165 Å². The van der Waals surface area contributed by atoms with E-state index in [1.165, 1.54) is 0 Å². The predicted molar refractivity (Wildman–Crippen MR) is 103 cm³/mol. The lowest BCUT2D eigenvalue weighted by molar-refractivity contribution is -0.164. The minimum Gasteiger partial charge on any atom is -0.467 e. The normalized spacial score (nSPS) is 14.5. The molecule has 1 aromatic rings. The van der Waals surface area contributed by atoms with Crippen LogP contribution in [0, 0.1) is 0 Å². The van der Waals surface area contributed by atoms with Crippen LogP contribution in [0.1, 0.15) is 45.6 Å². The van der Waals surface area contributed by atoms with Crippen molar-refractivity contribution in [2.24, 2.45) is 11.5 Å². The maximum absolute atomic E-state index is 12.5. The largest absolute Gasteiger partial charge is 0.467 e. The molecule has 1 rings (SSSR count). The van der Waals surface area contributed by atoms with Crippen LogP contribution in [-0.2, 0) is 35.2 Å². The first kappa shape index (κ1) is 23.6. The van der Waals surface area contributed by atoms with E-state index in [-0.39, 0.29) is 25.9 Å². The summed E-state index contributed by atoms with van der Waals surface area (Å²) in [6, 6.07) is 8.11. The summed E-state index contributed by atoms with van der Waals surface area (Å²) in [6.07, 6.45) is 0.340. The number of methoxy groups -OCH3 is 1. The van der Waals surface area contributed by atoms with Crippen LogP contribution in [0.25, 0.3) is 0 Å². The molecule has 2 atom stereocenters. The van der Waals surface area contributed by atoms with Crippen molar-refractivity contribution < 1.29 is 28.6 Å². The first-order valence-corrected chi connectivity index (χ1v) is 9.06. The number of hydrogen-bond acceptors (Lipinski definition) is 8. The second kappa shape index (κ2) is 10.2. The van der Waals surface area contributed by atoms with Crippen molar-refractivity contribution in [2.75, 3.05) is 7.11 Å². The minimum atomic E-state index is -1.98. The van der Waals surface area contributed by atoms with Crippen molar-refractivity contribution in [2.45, 2.75) is 63.8 Å². The highest BCUT2D eigenvalue weighted by molar-refractivity contribution is 6.04. The standard InChI is InChI=1S/C20H30N2O6/c1-19(2,3)28-16(23)15(21)11-8-12-20(22,17(24)26-4)18(25)27-13-14-9-6-5-7-10-14/h5-7,9-10,15H,8,11-13,21-22H2,1-4H3/t15?,20-/m0/s1. The van der Waals surface area contributed by atoms with E-state index >= 15 is 0 Å². The zero-order valence-corrected chi connectivity index (χ0v) is 16.9. The maximum Gasteiger partial charge on any atom is 0.338 e. The molecule has 0 heterocycles. The Bertz CT molecular complexity index is 671. The number of hydrogen-bond donors (Lipinski definition) is 2. The third-order valence-electron chi connectivity index (χ3n) is 3.92. The zero-order chi connectivity index (χ0) is 21.4. The van der Waals surface area contributed by atoms with Gasteiger partial charge >= 0.3 is 17.9 Å². The van der Waals surface area contributed by atoms with E-state index in [9.17, 15) is 14.4 Å². The smallest absolute Gasteiger partial charge is 0.338 e. The molecule has 8 nitrogen and oxygen atoms in total. The monoisotopic (exact) mass is 394 g/mol. The molecule has 0 radical (unpaired) electrons. The van der Waals surface area contributed by atoms with Crippen molar-refractivity contribution in [3.63, 3.8) is 0 Å².